The molecule has 0 saturated heterocycles. The van der Waals surface area contributed by atoms with Crippen molar-refractivity contribution in [2.45, 2.75) is 45.1 Å². The standard InChI is InChI=1S/C16H25N3O.HI/c1-13-6-5-9-15(12-13)20-11-10-18-16(17)19-14-7-3-2-4-8-14;/h5-6,9,12,14H,2-4,7-8,10-11H2,1H3,(H3,17,18,19);1H. The number of nitrogens with zero attached hydrogens (tertiary/aromatic N) is 1. The van der Waals surface area contributed by atoms with Crippen molar-refractivity contribution >= 4 is 29.9 Å². The summed E-state index contributed by atoms with van der Waals surface area (Å²) in [7, 11) is 0. The molecule has 21 heavy (non-hydrogen) atoms. The van der Waals surface area contributed by atoms with Gasteiger partial charge in [-0.1, -0.05) is 31.4 Å². The first-order valence-electron chi connectivity index (χ1n) is 7.50. The fourth-order valence-electron chi connectivity index (χ4n) is 2.54. The second-order valence-electron chi connectivity index (χ2n) is 5.41. The van der Waals surface area contributed by atoms with Gasteiger partial charge in [-0.3, -0.25) is 0 Å². The van der Waals surface area contributed by atoms with Crippen molar-refractivity contribution in [1.82, 2.24) is 5.32 Å². The highest BCUT2D eigenvalue weighted by molar-refractivity contribution is 14.0. The van der Waals surface area contributed by atoms with Gasteiger partial charge in [0.05, 0.1) is 6.54 Å². The lowest BCUT2D eigenvalue weighted by Crippen LogP contribution is -2.41. The Hall–Kier alpha value is -0.980. The molecular formula is C16H26IN3O. The summed E-state index contributed by atoms with van der Waals surface area (Å²) in [4.78, 5) is 4.31. The number of rotatable bonds is 5. The molecule has 0 amide bonds. The smallest absolute Gasteiger partial charge is 0.188 e. The number of nitrogens with one attached hydrogen (secondary N) is 1. The SMILES string of the molecule is Cc1cccc(OCCN=C(N)NC2CCCCC2)c1.I. The Balaban J connectivity index is 0.00000220. The number of aliphatic imine (C=N–C) groups is 1. The van der Waals surface area contributed by atoms with Crippen LogP contribution in [-0.2, 0) is 0 Å². The molecule has 1 aromatic rings. The monoisotopic (exact) mass is 403 g/mol. The maximum atomic E-state index is 5.89. The highest BCUT2D eigenvalue weighted by Gasteiger charge is 2.12. The van der Waals surface area contributed by atoms with Gasteiger partial charge in [-0.05, 0) is 37.5 Å². The maximum absolute atomic E-state index is 5.89. The van der Waals surface area contributed by atoms with Gasteiger partial charge in [0, 0.05) is 6.04 Å². The first kappa shape index (κ1) is 18.1. The molecule has 1 saturated carbocycles. The maximum Gasteiger partial charge on any atom is 0.188 e. The molecule has 1 aliphatic rings. The molecule has 118 valence electrons. The summed E-state index contributed by atoms with van der Waals surface area (Å²) in [6.45, 7) is 3.19. The predicted molar refractivity (Wildman–Crippen MR) is 98.6 cm³/mol. The summed E-state index contributed by atoms with van der Waals surface area (Å²) >= 11 is 0. The molecule has 0 atom stereocenters. The van der Waals surface area contributed by atoms with Gasteiger partial charge in [-0.2, -0.15) is 0 Å². The fraction of sp³-hybridized carbons (Fsp3) is 0.562. The van der Waals surface area contributed by atoms with E-state index in [1.165, 1.54) is 37.7 Å². The second-order valence-corrected chi connectivity index (χ2v) is 5.41. The first-order chi connectivity index (χ1) is 9.74. The van der Waals surface area contributed by atoms with E-state index in [1.54, 1.807) is 0 Å². The quantitative estimate of drug-likeness (QED) is 0.344. The van der Waals surface area contributed by atoms with Crippen LogP contribution in [0.5, 0.6) is 5.75 Å². The number of guanidine groups is 1. The summed E-state index contributed by atoms with van der Waals surface area (Å²) in [6, 6.07) is 8.53. The Morgan fingerprint density at radius 2 is 2.10 bits per heavy atom. The van der Waals surface area contributed by atoms with Gasteiger partial charge in [0.25, 0.3) is 0 Å². The Morgan fingerprint density at radius 3 is 2.81 bits per heavy atom. The molecule has 0 aromatic heterocycles. The van der Waals surface area contributed by atoms with Crippen molar-refractivity contribution in [3.63, 3.8) is 0 Å². The highest BCUT2D eigenvalue weighted by atomic mass is 127. The van der Waals surface area contributed by atoms with Crippen LogP contribution < -0.4 is 15.8 Å². The van der Waals surface area contributed by atoms with Crippen molar-refractivity contribution in [1.29, 1.82) is 0 Å². The molecule has 0 spiro atoms. The minimum atomic E-state index is 0. The molecule has 2 rings (SSSR count). The van der Waals surface area contributed by atoms with Gasteiger partial charge >= 0.3 is 0 Å². The van der Waals surface area contributed by atoms with Crippen LogP contribution >= 0.6 is 24.0 Å². The van der Waals surface area contributed by atoms with Crippen LogP contribution in [0.3, 0.4) is 0 Å². The molecule has 3 N–H and O–H groups in total. The highest BCUT2D eigenvalue weighted by Crippen LogP contribution is 2.17. The predicted octanol–water partition coefficient (Wildman–Crippen LogP) is 3.23. The van der Waals surface area contributed by atoms with E-state index in [-0.39, 0.29) is 24.0 Å². The molecular weight excluding hydrogens is 377 g/mol. The number of hydrogen-bond donors (Lipinski definition) is 2. The van der Waals surface area contributed by atoms with Crippen LogP contribution in [-0.4, -0.2) is 25.2 Å². The normalized spacial score (nSPS) is 16.1. The third kappa shape index (κ3) is 7.02. The number of ether oxygens (including phenoxy) is 1. The average molecular weight is 403 g/mol. The van der Waals surface area contributed by atoms with E-state index in [1.807, 2.05) is 18.2 Å². The number of nitrogens with two attached hydrogens (primary N) is 1. The molecule has 1 aromatic carbocycles. The van der Waals surface area contributed by atoms with Crippen molar-refractivity contribution in [3.8, 4) is 5.75 Å². The molecule has 5 heteroatoms. The number of hydrogen-bond acceptors (Lipinski definition) is 2. The lowest BCUT2D eigenvalue weighted by atomic mass is 9.96. The molecule has 0 bridgehead atoms. The zero-order valence-corrected chi connectivity index (χ0v) is 15.0. The van der Waals surface area contributed by atoms with E-state index < -0.39 is 0 Å². The van der Waals surface area contributed by atoms with Crippen LogP contribution in [0.15, 0.2) is 29.3 Å². The molecule has 1 aliphatic carbocycles. The van der Waals surface area contributed by atoms with Gasteiger partial charge < -0.3 is 15.8 Å². The minimum Gasteiger partial charge on any atom is -0.492 e. The average Bonchev–Trinajstić information content (AvgIpc) is 2.45. The topological polar surface area (TPSA) is 59.6 Å². The van der Waals surface area contributed by atoms with Crippen LogP contribution in [0.2, 0.25) is 0 Å². The van der Waals surface area contributed by atoms with Crippen molar-refractivity contribution < 1.29 is 4.74 Å². The van der Waals surface area contributed by atoms with Crippen molar-refractivity contribution in [2.24, 2.45) is 10.7 Å². The molecule has 0 unspecified atom stereocenters. The number of aryl methyl sites for hydroxylation is 1. The Labute approximate surface area is 144 Å². The Bertz CT molecular complexity index is 445. The van der Waals surface area contributed by atoms with E-state index in [4.69, 9.17) is 10.5 Å². The number of halogens is 1. The van der Waals surface area contributed by atoms with Crippen molar-refractivity contribution in [3.05, 3.63) is 29.8 Å². The van der Waals surface area contributed by atoms with E-state index in [0.29, 0.717) is 25.2 Å². The molecule has 0 heterocycles. The lowest BCUT2D eigenvalue weighted by molar-refractivity contribution is 0.328. The van der Waals surface area contributed by atoms with Gasteiger partial charge in [0.1, 0.15) is 12.4 Å². The third-order valence-corrected chi connectivity index (χ3v) is 3.59. The number of benzene rings is 1. The summed E-state index contributed by atoms with van der Waals surface area (Å²) < 4.78 is 5.64. The van der Waals surface area contributed by atoms with Crippen LogP contribution in [0.1, 0.15) is 37.7 Å². The first-order valence-corrected chi connectivity index (χ1v) is 7.50. The van der Waals surface area contributed by atoms with Gasteiger partial charge in [0.2, 0.25) is 0 Å². The largest absolute Gasteiger partial charge is 0.492 e. The summed E-state index contributed by atoms with van der Waals surface area (Å²) in [5, 5.41) is 3.30. The molecule has 4 nitrogen and oxygen atoms in total. The minimum absolute atomic E-state index is 0. The fourth-order valence-corrected chi connectivity index (χ4v) is 2.54. The Kier molecular flexibility index (Phi) is 8.49. The molecule has 1 fully saturated rings. The van der Waals surface area contributed by atoms with Gasteiger partial charge in [0.15, 0.2) is 5.96 Å². The van der Waals surface area contributed by atoms with Crippen LogP contribution in [0.4, 0.5) is 0 Å². The van der Waals surface area contributed by atoms with Crippen LogP contribution in [0.25, 0.3) is 0 Å². The lowest BCUT2D eigenvalue weighted by Gasteiger charge is -2.23. The summed E-state index contributed by atoms with van der Waals surface area (Å²) in [5.74, 6) is 1.43. The zero-order chi connectivity index (χ0) is 14.2. The van der Waals surface area contributed by atoms with E-state index in [2.05, 4.69) is 23.3 Å². The van der Waals surface area contributed by atoms with Gasteiger partial charge in [-0.15, -0.1) is 24.0 Å². The summed E-state index contributed by atoms with van der Waals surface area (Å²) in [5.41, 5.74) is 7.09. The van der Waals surface area contributed by atoms with Crippen molar-refractivity contribution in [2.75, 3.05) is 13.2 Å². The van der Waals surface area contributed by atoms with Crippen LogP contribution in [0, 0.1) is 6.92 Å². The Morgan fingerprint density at radius 1 is 1.33 bits per heavy atom. The van der Waals surface area contributed by atoms with Gasteiger partial charge in [-0.25, -0.2) is 4.99 Å². The molecule has 0 radical (unpaired) electrons. The third-order valence-electron chi connectivity index (χ3n) is 3.59. The van der Waals surface area contributed by atoms with E-state index in [0.717, 1.165) is 5.75 Å². The zero-order valence-electron chi connectivity index (χ0n) is 12.7. The van der Waals surface area contributed by atoms with E-state index in [9.17, 15) is 0 Å². The summed E-state index contributed by atoms with van der Waals surface area (Å²) in [6.07, 6.45) is 6.34. The van der Waals surface area contributed by atoms with E-state index >= 15 is 0 Å². The molecule has 0 aliphatic heterocycles. The second kappa shape index (κ2) is 9.87.